The van der Waals surface area contributed by atoms with Crippen LogP contribution in [0.25, 0.3) is 0 Å². The van der Waals surface area contributed by atoms with Gasteiger partial charge in [-0.15, -0.1) is 0 Å². The molecule has 0 amide bonds. The number of hydrogen-bond acceptors (Lipinski definition) is 4. The van der Waals surface area contributed by atoms with Crippen molar-refractivity contribution in [1.29, 1.82) is 0 Å². The largest absolute Gasteiger partial charge is 0.462 e. The third-order valence-electron chi connectivity index (χ3n) is 2.47. The maximum atomic E-state index is 11.8. The molecule has 0 saturated heterocycles. The van der Waals surface area contributed by atoms with Gasteiger partial charge >= 0.3 is 5.97 Å². The molecule has 1 rings (SSSR count). The fourth-order valence-corrected chi connectivity index (χ4v) is 1.51. The van der Waals surface area contributed by atoms with Crippen LogP contribution in [-0.4, -0.2) is 17.5 Å². The van der Waals surface area contributed by atoms with Gasteiger partial charge in [0.05, 0.1) is 22.1 Å². The monoisotopic (exact) mass is 285 g/mol. The lowest BCUT2D eigenvalue weighted by molar-refractivity contribution is -0.384. The Morgan fingerprint density at radius 3 is 2.58 bits per heavy atom. The van der Waals surface area contributed by atoms with E-state index < -0.39 is 10.9 Å². The smallest absolute Gasteiger partial charge is 0.339 e. The van der Waals surface area contributed by atoms with Gasteiger partial charge in [0.2, 0.25) is 0 Å². The van der Waals surface area contributed by atoms with Gasteiger partial charge in [-0.25, -0.2) is 4.79 Å². The second-order valence-electron chi connectivity index (χ2n) is 5.37. The van der Waals surface area contributed by atoms with Crippen LogP contribution in [0.4, 0.5) is 5.69 Å². The molecule has 0 aliphatic rings. The summed E-state index contributed by atoms with van der Waals surface area (Å²) in [6, 6.07) is 3.69. The van der Waals surface area contributed by atoms with E-state index in [0.717, 1.165) is 6.07 Å². The van der Waals surface area contributed by atoms with Crippen LogP contribution in [0.5, 0.6) is 0 Å². The summed E-state index contributed by atoms with van der Waals surface area (Å²) in [5.41, 5.74) is -0.121. The fourth-order valence-electron chi connectivity index (χ4n) is 1.31. The minimum Gasteiger partial charge on any atom is -0.462 e. The average Bonchev–Trinajstić information content (AvgIpc) is 2.27. The van der Waals surface area contributed by atoms with Crippen LogP contribution in [-0.2, 0) is 4.74 Å². The summed E-state index contributed by atoms with van der Waals surface area (Å²) in [6.07, 6.45) is 0.700. The zero-order valence-corrected chi connectivity index (χ0v) is 11.9. The Kier molecular flexibility index (Phi) is 4.89. The van der Waals surface area contributed by atoms with Crippen molar-refractivity contribution in [2.45, 2.75) is 27.2 Å². The highest BCUT2D eigenvalue weighted by molar-refractivity contribution is 6.33. The Hall–Kier alpha value is -1.62. The van der Waals surface area contributed by atoms with E-state index in [4.69, 9.17) is 16.3 Å². The Morgan fingerprint density at radius 1 is 1.42 bits per heavy atom. The van der Waals surface area contributed by atoms with Crippen LogP contribution in [0.3, 0.4) is 0 Å². The molecule has 5 nitrogen and oxygen atoms in total. The lowest BCUT2D eigenvalue weighted by Crippen LogP contribution is -2.13. The molecule has 0 fully saturated rings. The molecule has 0 aliphatic heterocycles. The van der Waals surface area contributed by atoms with Gasteiger partial charge in [0.25, 0.3) is 5.69 Å². The number of nitro groups is 1. The van der Waals surface area contributed by atoms with Crippen LogP contribution >= 0.6 is 11.6 Å². The zero-order valence-electron chi connectivity index (χ0n) is 11.1. The maximum Gasteiger partial charge on any atom is 0.339 e. The predicted molar refractivity (Wildman–Crippen MR) is 72.5 cm³/mol. The fraction of sp³-hybridized carbons (Fsp3) is 0.462. The second kappa shape index (κ2) is 6.02. The number of halogens is 1. The maximum absolute atomic E-state index is 11.8. The van der Waals surface area contributed by atoms with Crippen LogP contribution in [0.2, 0.25) is 5.02 Å². The van der Waals surface area contributed by atoms with Gasteiger partial charge in [0.15, 0.2) is 0 Å². The molecule has 0 N–H and O–H groups in total. The lowest BCUT2D eigenvalue weighted by atomic mass is 9.93. The molecule has 0 aromatic heterocycles. The van der Waals surface area contributed by atoms with Gasteiger partial charge in [-0.05, 0) is 17.9 Å². The lowest BCUT2D eigenvalue weighted by Gasteiger charge is -2.17. The predicted octanol–water partition coefficient (Wildman–Crippen LogP) is 3.84. The van der Waals surface area contributed by atoms with E-state index in [1.54, 1.807) is 0 Å². The number of nitro benzene ring substituents is 1. The highest BCUT2D eigenvalue weighted by atomic mass is 35.5. The molecule has 0 unspecified atom stereocenters. The van der Waals surface area contributed by atoms with Gasteiger partial charge in [-0.1, -0.05) is 32.4 Å². The van der Waals surface area contributed by atoms with Crippen LogP contribution in [0, 0.1) is 15.5 Å². The van der Waals surface area contributed by atoms with Crippen molar-refractivity contribution in [3.8, 4) is 0 Å². The number of benzene rings is 1. The van der Waals surface area contributed by atoms with Gasteiger partial charge in [-0.3, -0.25) is 10.1 Å². The molecule has 104 valence electrons. The van der Waals surface area contributed by atoms with Crippen molar-refractivity contribution in [2.24, 2.45) is 5.41 Å². The molecule has 1 aromatic rings. The topological polar surface area (TPSA) is 69.4 Å². The second-order valence-corrected chi connectivity index (χ2v) is 5.78. The van der Waals surface area contributed by atoms with E-state index in [0.29, 0.717) is 6.42 Å². The molecule has 0 saturated carbocycles. The van der Waals surface area contributed by atoms with Crippen molar-refractivity contribution in [2.75, 3.05) is 6.61 Å². The van der Waals surface area contributed by atoms with Gasteiger partial charge in [-0.2, -0.15) is 0 Å². The quantitative estimate of drug-likeness (QED) is 0.479. The summed E-state index contributed by atoms with van der Waals surface area (Å²) >= 11 is 5.84. The highest BCUT2D eigenvalue weighted by Crippen LogP contribution is 2.23. The summed E-state index contributed by atoms with van der Waals surface area (Å²) in [6.45, 7) is 6.34. The van der Waals surface area contributed by atoms with E-state index in [1.807, 2.05) is 20.8 Å². The number of rotatable bonds is 4. The number of carbonyl (C=O) groups excluding carboxylic acids is 1. The van der Waals surface area contributed by atoms with Crippen molar-refractivity contribution in [3.63, 3.8) is 0 Å². The first-order chi connectivity index (χ1) is 8.70. The Bertz CT molecular complexity index is 494. The van der Waals surface area contributed by atoms with Crippen molar-refractivity contribution < 1.29 is 14.5 Å². The number of carbonyl (C=O) groups is 1. The number of nitrogens with zero attached hydrogens (tertiary/aromatic N) is 1. The minimum atomic E-state index is -0.641. The van der Waals surface area contributed by atoms with Crippen molar-refractivity contribution >= 4 is 23.3 Å². The molecule has 19 heavy (non-hydrogen) atoms. The first kappa shape index (κ1) is 15.4. The molecular weight excluding hydrogens is 270 g/mol. The van der Waals surface area contributed by atoms with E-state index >= 15 is 0 Å². The number of non-ortho nitro benzene ring substituents is 1. The van der Waals surface area contributed by atoms with E-state index in [-0.39, 0.29) is 28.3 Å². The van der Waals surface area contributed by atoms with Crippen LogP contribution in [0.15, 0.2) is 18.2 Å². The normalized spacial score (nSPS) is 11.2. The van der Waals surface area contributed by atoms with Gasteiger partial charge in [0.1, 0.15) is 0 Å². The number of esters is 1. The SMILES string of the molecule is CC(C)(C)CCOC(=O)c1cc([N+](=O)[O-])ccc1Cl. The Morgan fingerprint density at radius 2 is 2.05 bits per heavy atom. The van der Waals surface area contributed by atoms with Crippen LogP contribution in [0.1, 0.15) is 37.6 Å². The van der Waals surface area contributed by atoms with Gasteiger partial charge < -0.3 is 4.74 Å². The molecule has 6 heteroatoms. The van der Waals surface area contributed by atoms with Crippen LogP contribution < -0.4 is 0 Å². The highest BCUT2D eigenvalue weighted by Gasteiger charge is 2.18. The molecule has 0 atom stereocenters. The summed E-state index contributed by atoms with van der Waals surface area (Å²) in [7, 11) is 0. The summed E-state index contributed by atoms with van der Waals surface area (Å²) in [5.74, 6) is -0.641. The number of ether oxygens (including phenoxy) is 1. The first-order valence-corrected chi connectivity index (χ1v) is 6.19. The zero-order chi connectivity index (χ0) is 14.6. The number of hydrogen-bond donors (Lipinski definition) is 0. The third-order valence-corrected chi connectivity index (χ3v) is 2.80. The molecule has 0 aliphatic carbocycles. The van der Waals surface area contributed by atoms with E-state index in [2.05, 4.69) is 0 Å². The molecule has 1 aromatic carbocycles. The standard InChI is InChI=1S/C13H16ClNO4/c1-13(2,3)6-7-19-12(16)10-8-9(15(17)18)4-5-11(10)14/h4-5,8H,6-7H2,1-3H3. The average molecular weight is 286 g/mol. The summed E-state index contributed by atoms with van der Waals surface area (Å²) < 4.78 is 5.07. The summed E-state index contributed by atoms with van der Waals surface area (Å²) in [5, 5.41) is 10.8. The third kappa shape index (κ3) is 4.87. The molecule has 0 radical (unpaired) electrons. The van der Waals surface area contributed by atoms with Crippen molar-refractivity contribution in [1.82, 2.24) is 0 Å². The Labute approximate surface area is 116 Å². The molecular formula is C13H16ClNO4. The first-order valence-electron chi connectivity index (χ1n) is 5.82. The van der Waals surface area contributed by atoms with E-state index in [1.165, 1.54) is 12.1 Å². The Balaban J connectivity index is 2.76. The van der Waals surface area contributed by atoms with Gasteiger partial charge in [0, 0.05) is 12.1 Å². The summed E-state index contributed by atoms with van der Waals surface area (Å²) in [4.78, 5) is 21.9. The minimum absolute atomic E-state index is 0.0183. The molecule has 0 spiro atoms. The molecule has 0 bridgehead atoms. The van der Waals surface area contributed by atoms with Crippen molar-refractivity contribution in [3.05, 3.63) is 38.9 Å². The molecule has 0 heterocycles. The van der Waals surface area contributed by atoms with E-state index in [9.17, 15) is 14.9 Å².